The van der Waals surface area contributed by atoms with Crippen molar-refractivity contribution in [3.8, 4) is 22.7 Å². The Kier molecular flexibility index (Phi) is 3.89. The number of aliphatic hydroxyl groups excluding tert-OH is 1. The molecule has 0 saturated heterocycles. The van der Waals surface area contributed by atoms with E-state index < -0.39 is 0 Å². The van der Waals surface area contributed by atoms with Gasteiger partial charge in [-0.2, -0.15) is 0 Å². The molecule has 3 rings (SSSR count). The molecule has 0 aliphatic rings. The van der Waals surface area contributed by atoms with Gasteiger partial charge < -0.3 is 9.84 Å². The molecule has 5 nitrogen and oxygen atoms in total. The van der Waals surface area contributed by atoms with Gasteiger partial charge in [0.1, 0.15) is 22.8 Å². The molecule has 3 aromatic rings. The van der Waals surface area contributed by atoms with E-state index in [2.05, 4.69) is 10.3 Å². The van der Waals surface area contributed by atoms with E-state index in [9.17, 15) is 5.11 Å². The zero-order chi connectivity index (χ0) is 15.5. The number of aliphatic hydroxyl groups is 1. The third kappa shape index (κ3) is 2.46. The first-order chi connectivity index (χ1) is 10.7. The molecule has 1 N–H and O–H groups in total. The van der Waals surface area contributed by atoms with Gasteiger partial charge in [0.15, 0.2) is 0 Å². The van der Waals surface area contributed by atoms with Crippen molar-refractivity contribution < 1.29 is 9.84 Å². The quantitative estimate of drug-likeness (QED) is 0.804. The van der Waals surface area contributed by atoms with Crippen molar-refractivity contribution in [1.82, 2.24) is 15.0 Å². The predicted molar refractivity (Wildman–Crippen MR) is 84.0 cm³/mol. The molecular weight excluding hydrogens is 278 g/mol. The number of nitrogens with zero attached hydrogens (tertiary/aromatic N) is 3. The van der Waals surface area contributed by atoms with Crippen molar-refractivity contribution in [3.05, 3.63) is 59.8 Å². The van der Waals surface area contributed by atoms with Crippen LogP contribution >= 0.6 is 0 Å². The van der Waals surface area contributed by atoms with Crippen LogP contribution in [0.25, 0.3) is 16.9 Å². The van der Waals surface area contributed by atoms with E-state index in [-0.39, 0.29) is 6.61 Å². The fraction of sp³-hybridized carbons (Fsp3) is 0.176. The fourth-order valence-corrected chi connectivity index (χ4v) is 2.39. The lowest BCUT2D eigenvalue weighted by molar-refractivity contribution is 0.277. The maximum atomic E-state index is 9.57. The minimum Gasteiger partial charge on any atom is -0.494 e. The monoisotopic (exact) mass is 295 g/mol. The van der Waals surface area contributed by atoms with Gasteiger partial charge in [-0.3, -0.25) is 0 Å². The average Bonchev–Trinajstić information content (AvgIpc) is 2.99. The topological polar surface area (TPSA) is 60.2 Å². The fourth-order valence-electron chi connectivity index (χ4n) is 2.39. The van der Waals surface area contributed by atoms with E-state index in [1.165, 1.54) is 5.56 Å². The molecule has 0 spiro atoms. The molecule has 0 aliphatic carbocycles. The lowest BCUT2D eigenvalue weighted by atomic mass is 10.1. The van der Waals surface area contributed by atoms with Gasteiger partial charge in [0.25, 0.3) is 0 Å². The van der Waals surface area contributed by atoms with Crippen LogP contribution in [0, 0.1) is 6.92 Å². The van der Waals surface area contributed by atoms with Crippen LogP contribution in [0.2, 0.25) is 0 Å². The summed E-state index contributed by atoms with van der Waals surface area (Å²) in [5.41, 5.74) is 4.21. The number of aryl methyl sites for hydroxylation is 1. The van der Waals surface area contributed by atoms with E-state index in [1.54, 1.807) is 11.8 Å². The molecule has 0 atom stereocenters. The van der Waals surface area contributed by atoms with E-state index >= 15 is 0 Å². The maximum absolute atomic E-state index is 9.57. The third-order valence-electron chi connectivity index (χ3n) is 3.53. The first-order valence-corrected chi connectivity index (χ1v) is 7.00. The number of benzene rings is 2. The van der Waals surface area contributed by atoms with E-state index in [0.717, 1.165) is 16.9 Å². The molecule has 0 radical (unpaired) electrons. The smallest absolute Gasteiger partial charge is 0.144 e. The second-order valence-electron chi connectivity index (χ2n) is 4.99. The lowest BCUT2D eigenvalue weighted by Crippen LogP contribution is -2.02. The summed E-state index contributed by atoms with van der Waals surface area (Å²) < 4.78 is 7.10. The molecule has 5 heteroatoms. The summed E-state index contributed by atoms with van der Waals surface area (Å²) in [4.78, 5) is 0. The van der Waals surface area contributed by atoms with Gasteiger partial charge in [-0.15, -0.1) is 5.10 Å². The summed E-state index contributed by atoms with van der Waals surface area (Å²) in [7, 11) is 1.62. The minimum atomic E-state index is -0.168. The number of ether oxygens (including phenoxy) is 1. The SMILES string of the molecule is COc1ccccc1-n1nnc(CO)c1-c1ccc(C)cc1. The Bertz CT molecular complexity index is 779. The van der Waals surface area contributed by atoms with Crippen molar-refractivity contribution in [3.63, 3.8) is 0 Å². The number of methoxy groups -OCH3 is 1. The first kappa shape index (κ1) is 14.3. The molecule has 112 valence electrons. The van der Waals surface area contributed by atoms with Crippen LogP contribution in [0.15, 0.2) is 48.5 Å². The summed E-state index contributed by atoms with van der Waals surface area (Å²) in [6, 6.07) is 15.6. The number of hydrogen-bond donors (Lipinski definition) is 1. The summed E-state index contributed by atoms with van der Waals surface area (Å²) in [6.07, 6.45) is 0. The van der Waals surface area contributed by atoms with Crippen molar-refractivity contribution >= 4 is 0 Å². The van der Waals surface area contributed by atoms with E-state index in [4.69, 9.17) is 4.74 Å². The number of aromatic nitrogens is 3. The average molecular weight is 295 g/mol. The van der Waals surface area contributed by atoms with Crippen molar-refractivity contribution in [1.29, 1.82) is 0 Å². The Morgan fingerprint density at radius 2 is 1.82 bits per heavy atom. The molecule has 0 unspecified atom stereocenters. The van der Waals surface area contributed by atoms with Gasteiger partial charge in [-0.25, -0.2) is 4.68 Å². The minimum absolute atomic E-state index is 0.168. The number of rotatable bonds is 4. The van der Waals surface area contributed by atoms with Gasteiger partial charge in [0.05, 0.1) is 13.7 Å². The van der Waals surface area contributed by atoms with Crippen LogP contribution in [0.4, 0.5) is 0 Å². The molecule has 0 aliphatic heterocycles. The molecular formula is C17H17N3O2. The molecule has 22 heavy (non-hydrogen) atoms. The first-order valence-electron chi connectivity index (χ1n) is 7.00. The number of hydrogen-bond acceptors (Lipinski definition) is 4. The predicted octanol–water partition coefficient (Wildman–Crippen LogP) is 2.74. The highest BCUT2D eigenvalue weighted by atomic mass is 16.5. The van der Waals surface area contributed by atoms with Crippen LogP contribution in [-0.4, -0.2) is 27.2 Å². The van der Waals surface area contributed by atoms with Crippen LogP contribution in [0.1, 0.15) is 11.3 Å². The Hall–Kier alpha value is -2.66. The van der Waals surface area contributed by atoms with E-state index in [1.807, 2.05) is 55.5 Å². The summed E-state index contributed by atoms with van der Waals surface area (Å²) in [5, 5.41) is 17.9. The van der Waals surface area contributed by atoms with Gasteiger partial charge in [-0.05, 0) is 19.1 Å². The van der Waals surface area contributed by atoms with Crippen LogP contribution in [0.5, 0.6) is 5.75 Å². The molecule has 0 amide bonds. The van der Waals surface area contributed by atoms with Crippen LogP contribution < -0.4 is 4.74 Å². The Morgan fingerprint density at radius 3 is 2.50 bits per heavy atom. The van der Waals surface area contributed by atoms with Crippen molar-refractivity contribution in [2.45, 2.75) is 13.5 Å². The largest absolute Gasteiger partial charge is 0.494 e. The number of para-hydroxylation sites is 2. The zero-order valence-corrected chi connectivity index (χ0v) is 12.5. The highest BCUT2D eigenvalue weighted by molar-refractivity contribution is 5.65. The molecule has 0 fully saturated rings. The third-order valence-corrected chi connectivity index (χ3v) is 3.53. The summed E-state index contributed by atoms with van der Waals surface area (Å²) in [5.74, 6) is 0.699. The Morgan fingerprint density at radius 1 is 1.09 bits per heavy atom. The van der Waals surface area contributed by atoms with Gasteiger partial charge in [0.2, 0.25) is 0 Å². The Balaban J connectivity index is 2.21. The van der Waals surface area contributed by atoms with Crippen molar-refractivity contribution in [2.75, 3.05) is 7.11 Å². The second kappa shape index (κ2) is 5.99. The van der Waals surface area contributed by atoms with Gasteiger partial charge in [-0.1, -0.05) is 47.2 Å². The van der Waals surface area contributed by atoms with Crippen LogP contribution in [0.3, 0.4) is 0 Å². The van der Waals surface area contributed by atoms with Gasteiger partial charge >= 0.3 is 0 Å². The zero-order valence-electron chi connectivity index (χ0n) is 12.5. The van der Waals surface area contributed by atoms with Crippen molar-refractivity contribution in [2.24, 2.45) is 0 Å². The summed E-state index contributed by atoms with van der Waals surface area (Å²) in [6.45, 7) is 1.87. The highest BCUT2D eigenvalue weighted by Gasteiger charge is 2.17. The van der Waals surface area contributed by atoms with E-state index in [0.29, 0.717) is 11.4 Å². The highest BCUT2D eigenvalue weighted by Crippen LogP contribution is 2.29. The summed E-state index contributed by atoms with van der Waals surface area (Å²) >= 11 is 0. The van der Waals surface area contributed by atoms with Crippen LogP contribution in [-0.2, 0) is 6.61 Å². The molecule has 2 aromatic carbocycles. The molecule has 1 heterocycles. The normalized spacial score (nSPS) is 10.7. The molecule has 0 bridgehead atoms. The lowest BCUT2D eigenvalue weighted by Gasteiger charge is -2.11. The Labute approximate surface area is 128 Å². The standard InChI is InChI=1S/C17H17N3O2/c1-12-7-9-13(10-8-12)17-14(11-21)18-19-20(17)15-5-3-4-6-16(15)22-2/h3-10,21H,11H2,1-2H3. The van der Waals surface area contributed by atoms with Gasteiger partial charge in [0, 0.05) is 5.56 Å². The second-order valence-corrected chi connectivity index (χ2v) is 4.99. The molecule has 1 aromatic heterocycles. The maximum Gasteiger partial charge on any atom is 0.144 e. The molecule has 0 saturated carbocycles.